The first-order valence-corrected chi connectivity index (χ1v) is 5.25. The number of carbonyl (C=O) groups is 2. The van der Waals surface area contributed by atoms with Crippen LogP contribution in [-0.4, -0.2) is 17.2 Å². The highest BCUT2D eigenvalue weighted by atomic mass is 35.5. The molecule has 0 radical (unpaired) electrons. The zero-order valence-corrected chi connectivity index (χ0v) is 9.84. The molecule has 1 aromatic carbocycles. The summed E-state index contributed by atoms with van der Waals surface area (Å²) in [5.41, 5.74) is 1.23. The second-order valence-corrected chi connectivity index (χ2v) is 4.02. The number of amides is 2. The van der Waals surface area contributed by atoms with Crippen molar-refractivity contribution in [2.24, 2.45) is 0 Å². The Labute approximate surface area is 99.0 Å². The minimum Gasteiger partial charge on any atom is -0.326 e. The molecule has 1 atom stereocenters. The van der Waals surface area contributed by atoms with Crippen molar-refractivity contribution in [3.8, 4) is 0 Å². The second kappa shape index (κ2) is 5.51. The zero-order valence-electron chi connectivity index (χ0n) is 9.08. The second-order valence-electron chi connectivity index (χ2n) is 3.37. The summed E-state index contributed by atoms with van der Waals surface area (Å²) < 4.78 is 0. The van der Waals surface area contributed by atoms with Crippen LogP contribution >= 0.6 is 11.6 Å². The molecule has 0 aliphatic heterocycles. The third kappa shape index (κ3) is 3.90. The van der Waals surface area contributed by atoms with E-state index >= 15 is 0 Å². The maximum absolute atomic E-state index is 11.3. The van der Waals surface area contributed by atoms with E-state index in [1.165, 1.54) is 6.92 Å². The smallest absolute Gasteiger partial charge is 0.242 e. The average Bonchev–Trinajstić information content (AvgIpc) is 2.16. The Morgan fingerprint density at radius 1 is 1.25 bits per heavy atom. The lowest BCUT2D eigenvalue weighted by atomic mass is 10.2. The third-order valence-electron chi connectivity index (χ3n) is 1.81. The maximum atomic E-state index is 11.3. The predicted molar refractivity (Wildman–Crippen MR) is 64.7 cm³/mol. The molecule has 0 aliphatic rings. The van der Waals surface area contributed by atoms with Crippen LogP contribution in [0.2, 0.25) is 0 Å². The van der Waals surface area contributed by atoms with Crippen LogP contribution in [0.1, 0.15) is 13.8 Å². The lowest BCUT2D eigenvalue weighted by Gasteiger charge is -2.08. The number of hydrogen-bond acceptors (Lipinski definition) is 2. The largest absolute Gasteiger partial charge is 0.326 e. The summed E-state index contributed by atoms with van der Waals surface area (Å²) in [5.74, 6) is -0.434. The van der Waals surface area contributed by atoms with Crippen LogP contribution in [0.5, 0.6) is 0 Å². The molecule has 2 amide bonds. The summed E-state index contributed by atoms with van der Waals surface area (Å²) in [5, 5.41) is 4.66. The van der Waals surface area contributed by atoms with Gasteiger partial charge in [0, 0.05) is 18.3 Å². The van der Waals surface area contributed by atoms with Gasteiger partial charge in [-0.15, -0.1) is 11.6 Å². The molecule has 0 fully saturated rings. The Hall–Kier alpha value is -1.55. The van der Waals surface area contributed by atoms with Crippen LogP contribution in [0.25, 0.3) is 0 Å². The summed E-state index contributed by atoms with van der Waals surface area (Å²) in [6.07, 6.45) is 0. The number of carbonyl (C=O) groups excluding carboxylic acids is 2. The minimum absolute atomic E-state index is 0.158. The molecule has 0 unspecified atom stereocenters. The lowest BCUT2D eigenvalue weighted by Crippen LogP contribution is -2.20. The normalized spacial score (nSPS) is 11.7. The lowest BCUT2D eigenvalue weighted by molar-refractivity contribution is -0.115. The molecule has 5 heteroatoms. The van der Waals surface area contributed by atoms with Crippen LogP contribution in [-0.2, 0) is 9.59 Å². The molecule has 0 aromatic heterocycles. The first-order chi connectivity index (χ1) is 7.49. The Bertz CT molecular complexity index is 405. The van der Waals surface area contributed by atoms with Gasteiger partial charge in [0.25, 0.3) is 0 Å². The highest BCUT2D eigenvalue weighted by Crippen LogP contribution is 2.15. The molecule has 0 saturated carbocycles. The van der Waals surface area contributed by atoms with Crippen LogP contribution < -0.4 is 10.6 Å². The fraction of sp³-hybridized carbons (Fsp3) is 0.273. The van der Waals surface area contributed by atoms with E-state index in [-0.39, 0.29) is 11.8 Å². The fourth-order valence-corrected chi connectivity index (χ4v) is 1.17. The van der Waals surface area contributed by atoms with Crippen molar-refractivity contribution in [1.82, 2.24) is 0 Å². The highest BCUT2D eigenvalue weighted by Gasteiger charge is 2.09. The van der Waals surface area contributed by atoms with Crippen molar-refractivity contribution in [3.05, 3.63) is 24.3 Å². The van der Waals surface area contributed by atoms with E-state index in [0.29, 0.717) is 11.4 Å². The molecule has 0 saturated heterocycles. The number of nitrogens with one attached hydrogen (secondary N) is 2. The predicted octanol–water partition coefficient (Wildman–Crippen LogP) is 2.21. The molecule has 1 aromatic rings. The zero-order chi connectivity index (χ0) is 12.1. The molecule has 86 valence electrons. The molecule has 0 aliphatic carbocycles. The van der Waals surface area contributed by atoms with E-state index in [2.05, 4.69) is 10.6 Å². The Morgan fingerprint density at radius 3 is 2.31 bits per heavy atom. The molecule has 1 rings (SSSR count). The van der Waals surface area contributed by atoms with Gasteiger partial charge in [-0.1, -0.05) is 6.07 Å². The van der Waals surface area contributed by atoms with E-state index in [1.807, 2.05) is 0 Å². The molecule has 0 heterocycles. The fourth-order valence-electron chi connectivity index (χ4n) is 1.12. The van der Waals surface area contributed by atoms with E-state index in [0.717, 1.165) is 0 Å². The van der Waals surface area contributed by atoms with Crippen LogP contribution in [0, 0.1) is 0 Å². The van der Waals surface area contributed by atoms with Gasteiger partial charge < -0.3 is 10.6 Å². The topological polar surface area (TPSA) is 58.2 Å². The van der Waals surface area contributed by atoms with E-state index < -0.39 is 5.38 Å². The van der Waals surface area contributed by atoms with Gasteiger partial charge in [-0.25, -0.2) is 0 Å². The molecule has 4 nitrogen and oxygen atoms in total. The molecular formula is C11H13ClN2O2. The number of halogens is 1. The van der Waals surface area contributed by atoms with E-state index in [9.17, 15) is 9.59 Å². The van der Waals surface area contributed by atoms with Crippen molar-refractivity contribution < 1.29 is 9.59 Å². The summed E-state index contributed by atoms with van der Waals surface area (Å²) in [6.45, 7) is 3.01. The number of anilines is 2. The molecule has 0 spiro atoms. The third-order valence-corrected chi connectivity index (χ3v) is 2.01. The van der Waals surface area contributed by atoms with Crippen molar-refractivity contribution >= 4 is 34.8 Å². The Kier molecular flexibility index (Phi) is 4.31. The summed E-state index contributed by atoms with van der Waals surface area (Å²) >= 11 is 5.62. The Morgan fingerprint density at radius 2 is 1.81 bits per heavy atom. The SMILES string of the molecule is CC(=O)Nc1cccc(NC(=O)[C@@H](C)Cl)c1. The van der Waals surface area contributed by atoms with Gasteiger partial charge in [-0.3, -0.25) is 9.59 Å². The maximum Gasteiger partial charge on any atom is 0.242 e. The van der Waals surface area contributed by atoms with Gasteiger partial charge in [0.15, 0.2) is 0 Å². The summed E-state index contributed by atoms with van der Waals surface area (Å²) in [6, 6.07) is 6.86. The number of alkyl halides is 1. The first kappa shape index (κ1) is 12.5. The molecule has 0 bridgehead atoms. The van der Waals surface area contributed by atoms with Crippen LogP contribution in [0.15, 0.2) is 24.3 Å². The quantitative estimate of drug-likeness (QED) is 0.796. The molecule has 16 heavy (non-hydrogen) atoms. The number of benzene rings is 1. The van der Waals surface area contributed by atoms with Gasteiger partial charge in [0.1, 0.15) is 5.38 Å². The molecule has 2 N–H and O–H groups in total. The first-order valence-electron chi connectivity index (χ1n) is 4.81. The van der Waals surface area contributed by atoms with Crippen LogP contribution in [0.4, 0.5) is 11.4 Å². The molecular weight excluding hydrogens is 228 g/mol. The van der Waals surface area contributed by atoms with Gasteiger partial charge >= 0.3 is 0 Å². The minimum atomic E-state index is -0.593. The van der Waals surface area contributed by atoms with Gasteiger partial charge in [0.05, 0.1) is 0 Å². The van der Waals surface area contributed by atoms with Crippen molar-refractivity contribution in [2.45, 2.75) is 19.2 Å². The number of rotatable bonds is 3. The monoisotopic (exact) mass is 240 g/mol. The van der Waals surface area contributed by atoms with Crippen LogP contribution in [0.3, 0.4) is 0 Å². The highest BCUT2D eigenvalue weighted by molar-refractivity contribution is 6.32. The number of hydrogen-bond donors (Lipinski definition) is 2. The Balaban J connectivity index is 2.74. The van der Waals surface area contributed by atoms with Crippen molar-refractivity contribution in [1.29, 1.82) is 0 Å². The van der Waals surface area contributed by atoms with Crippen molar-refractivity contribution in [3.63, 3.8) is 0 Å². The van der Waals surface area contributed by atoms with E-state index in [1.54, 1.807) is 31.2 Å². The van der Waals surface area contributed by atoms with Gasteiger partial charge in [-0.2, -0.15) is 0 Å². The van der Waals surface area contributed by atoms with E-state index in [4.69, 9.17) is 11.6 Å². The summed E-state index contributed by atoms with van der Waals surface area (Å²) in [7, 11) is 0. The average molecular weight is 241 g/mol. The van der Waals surface area contributed by atoms with Gasteiger partial charge in [-0.05, 0) is 25.1 Å². The van der Waals surface area contributed by atoms with Gasteiger partial charge in [0.2, 0.25) is 11.8 Å². The standard InChI is InChI=1S/C11H13ClN2O2/c1-7(12)11(16)14-10-5-3-4-9(6-10)13-8(2)15/h3-7H,1-2H3,(H,13,15)(H,14,16)/t7-/m1/s1. The summed E-state index contributed by atoms with van der Waals surface area (Å²) in [4.78, 5) is 22.2. The van der Waals surface area contributed by atoms with Crippen molar-refractivity contribution in [2.75, 3.05) is 10.6 Å².